The molecule has 4 rings (SSSR count). The Morgan fingerprint density at radius 1 is 1.32 bits per heavy atom. The van der Waals surface area contributed by atoms with Gasteiger partial charge in [-0.2, -0.15) is 5.10 Å². The smallest absolute Gasteiger partial charge is 0.273 e. The van der Waals surface area contributed by atoms with Crippen LogP contribution >= 0.6 is 15.9 Å². The van der Waals surface area contributed by atoms with Crippen LogP contribution in [0.15, 0.2) is 47.2 Å². The van der Waals surface area contributed by atoms with E-state index in [0.29, 0.717) is 18.7 Å². The van der Waals surface area contributed by atoms with Gasteiger partial charge in [-0.1, -0.05) is 12.1 Å². The number of aromatic nitrogens is 3. The number of fused-ring (bicyclic) bond motifs is 1. The fraction of sp³-hybridized carbons (Fsp3) is 0.250. The lowest BCUT2D eigenvalue weighted by molar-refractivity contribution is 0.0704. The summed E-state index contributed by atoms with van der Waals surface area (Å²) < 4.78 is 16.1. The number of carbonyl (C=O) groups is 1. The molecule has 1 aliphatic heterocycles. The number of amides is 1. The Labute approximate surface area is 170 Å². The van der Waals surface area contributed by atoms with Gasteiger partial charge >= 0.3 is 0 Å². The third kappa shape index (κ3) is 3.33. The van der Waals surface area contributed by atoms with Gasteiger partial charge in [0.1, 0.15) is 11.5 Å². The quantitative estimate of drug-likeness (QED) is 0.657. The first kappa shape index (κ1) is 18.8. The van der Waals surface area contributed by atoms with E-state index in [0.717, 1.165) is 26.9 Å². The molecule has 1 amide bonds. The Balaban J connectivity index is 1.61. The highest BCUT2D eigenvalue weighted by molar-refractivity contribution is 9.10. The highest BCUT2D eigenvalue weighted by Gasteiger charge is 2.34. The van der Waals surface area contributed by atoms with Gasteiger partial charge in [0.15, 0.2) is 0 Å². The van der Waals surface area contributed by atoms with Crippen molar-refractivity contribution in [1.29, 1.82) is 0 Å². The van der Waals surface area contributed by atoms with Crippen LogP contribution in [0.2, 0.25) is 0 Å². The first-order valence-electron chi connectivity index (χ1n) is 8.90. The molecule has 0 radical (unpaired) electrons. The molecule has 0 saturated heterocycles. The maximum Gasteiger partial charge on any atom is 0.273 e. The first-order valence-corrected chi connectivity index (χ1v) is 9.69. The fourth-order valence-electron chi connectivity index (χ4n) is 3.63. The summed E-state index contributed by atoms with van der Waals surface area (Å²) in [6, 6.07) is 8.13. The number of nitrogens with zero attached hydrogens (tertiary/aromatic N) is 4. The molecule has 0 unspecified atom stereocenters. The summed E-state index contributed by atoms with van der Waals surface area (Å²) in [6.07, 6.45) is 3.91. The first-order chi connectivity index (χ1) is 13.5. The molecule has 0 fully saturated rings. The monoisotopic (exact) mass is 443 g/mol. The maximum absolute atomic E-state index is 13.5. The minimum Gasteiger partial charge on any atom is -0.328 e. The molecule has 2 aromatic heterocycles. The number of hydrogen-bond donors (Lipinski definition) is 1. The van der Waals surface area contributed by atoms with E-state index in [9.17, 15) is 9.18 Å². The van der Waals surface area contributed by atoms with Crippen LogP contribution in [0, 0.1) is 5.82 Å². The molecule has 3 aromatic rings. The number of benzene rings is 1. The SMILES string of the molecule is Cn1ncc(Br)c1-c1cnc2c(c1)CN([C@H](CN)Cc1cccc(F)c1)C2=O. The van der Waals surface area contributed by atoms with E-state index >= 15 is 0 Å². The van der Waals surface area contributed by atoms with Crippen LogP contribution in [0.25, 0.3) is 11.3 Å². The van der Waals surface area contributed by atoms with Gasteiger partial charge in [-0.15, -0.1) is 0 Å². The molecule has 144 valence electrons. The molecule has 1 atom stereocenters. The molecule has 8 heteroatoms. The summed E-state index contributed by atoms with van der Waals surface area (Å²) in [6.45, 7) is 0.720. The average molecular weight is 444 g/mol. The van der Waals surface area contributed by atoms with Gasteiger partial charge < -0.3 is 10.6 Å². The van der Waals surface area contributed by atoms with Gasteiger partial charge in [-0.3, -0.25) is 14.5 Å². The van der Waals surface area contributed by atoms with Crippen LogP contribution < -0.4 is 5.73 Å². The minimum atomic E-state index is -0.294. The van der Waals surface area contributed by atoms with Gasteiger partial charge in [-0.05, 0) is 46.1 Å². The van der Waals surface area contributed by atoms with Gasteiger partial charge in [0, 0.05) is 43.5 Å². The van der Waals surface area contributed by atoms with Crippen molar-refractivity contribution in [2.24, 2.45) is 12.8 Å². The lowest BCUT2D eigenvalue weighted by Crippen LogP contribution is -2.42. The van der Waals surface area contributed by atoms with Gasteiger partial charge in [0.25, 0.3) is 5.91 Å². The molecule has 3 heterocycles. The Hall–Kier alpha value is -2.58. The third-order valence-corrected chi connectivity index (χ3v) is 5.59. The number of halogens is 2. The number of rotatable bonds is 5. The molecular formula is C20H19BrFN5O. The lowest BCUT2D eigenvalue weighted by Gasteiger charge is -2.26. The second-order valence-corrected chi connectivity index (χ2v) is 7.71. The molecule has 1 aromatic carbocycles. The highest BCUT2D eigenvalue weighted by atomic mass is 79.9. The number of carbonyl (C=O) groups excluding carboxylic acids is 1. The summed E-state index contributed by atoms with van der Waals surface area (Å²) in [5.41, 5.74) is 9.85. The number of pyridine rings is 1. The number of aryl methyl sites for hydroxylation is 1. The standard InChI is InChI=1S/C20H19BrFN5O/c1-26-19(17(21)10-25-26)13-7-14-11-27(20(28)18(14)24-9-13)16(8-23)6-12-3-2-4-15(22)5-12/h2-5,7,9-10,16H,6,8,11,23H2,1H3/t16-/m0/s1. The fourth-order valence-corrected chi connectivity index (χ4v) is 4.21. The topological polar surface area (TPSA) is 77.0 Å². The van der Waals surface area contributed by atoms with Crippen LogP contribution in [-0.4, -0.2) is 38.2 Å². The van der Waals surface area contributed by atoms with E-state index in [2.05, 4.69) is 26.0 Å². The summed E-state index contributed by atoms with van der Waals surface area (Å²) in [5, 5.41) is 4.23. The van der Waals surface area contributed by atoms with Crippen molar-refractivity contribution in [3.05, 3.63) is 69.8 Å². The van der Waals surface area contributed by atoms with E-state index in [4.69, 9.17) is 5.73 Å². The van der Waals surface area contributed by atoms with Crippen molar-refractivity contribution in [1.82, 2.24) is 19.7 Å². The molecule has 0 aliphatic carbocycles. The van der Waals surface area contributed by atoms with Gasteiger partial charge in [0.2, 0.25) is 0 Å². The summed E-state index contributed by atoms with van der Waals surface area (Å²) >= 11 is 3.50. The molecule has 0 spiro atoms. The van der Waals surface area contributed by atoms with E-state index < -0.39 is 0 Å². The highest BCUT2D eigenvalue weighted by Crippen LogP contribution is 2.31. The maximum atomic E-state index is 13.5. The van der Waals surface area contributed by atoms with Crippen molar-refractivity contribution in [2.45, 2.75) is 19.0 Å². The largest absolute Gasteiger partial charge is 0.328 e. The molecule has 1 aliphatic rings. The van der Waals surface area contributed by atoms with E-state index in [1.165, 1.54) is 12.1 Å². The molecule has 2 N–H and O–H groups in total. The zero-order valence-corrected chi connectivity index (χ0v) is 16.9. The molecule has 6 nitrogen and oxygen atoms in total. The van der Waals surface area contributed by atoms with Crippen molar-refractivity contribution in [2.75, 3.05) is 6.54 Å². The predicted molar refractivity (Wildman–Crippen MR) is 107 cm³/mol. The van der Waals surface area contributed by atoms with Gasteiger partial charge in [-0.25, -0.2) is 4.39 Å². The summed E-state index contributed by atoms with van der Waals surface area (Å²) in [4.78, 5) is 19.0. The van der Waals surface area contributed by atoms with Gasteiger partial charge in [0.05, 0.1) is 16.4 Å². The average Bonchev–Trinajstić information content (AvgIpc) is 3.18. The zero-order valence-electron chi connectivity index (χ0n) is 15.3. The predicted octanol–water partition coefficient (Wildman–Crippen LogP) is 2.91. The van der Waals surface area contributed by atoms with Crippen LogP contribution in [0.5, 0.6) is 0 Å². The summed E-state index contributed by atoms with van der Waals surface area (Å²) in [7, 11) is 1.86. The number of hydrogen-bond acceptors (Lipinski definition) is 4. The molecule has 0 bridgehead atoms. The van der Waals surface area contributed by atoms with Crippen LogP contribution in [0.1, 0.15) is 21.6 Å². The van der Waals surface area contributed by atoms with Crippen molar-refractivity contribution >= 4 is 21.8 Å². The van der Waals surface area contributed by atoms with Crippen LogP contribution in [0.4, 0.5) is 4.39 Å². The second kappa shape index (κ2) is 7.44. The third-order valence-electron chi connectivity index (χ3n) is 5.01. The lowest BCUT2D eigenvalue weighted by atomic mass is 10.0. The Morgan fingerprint density at radius 3 is 2.82 bits per heavy atom. The van der Waals surface area contributed by atoms with E-state index in [-0.39, 0.29) is 24.3 Å². The van der Waals surface area contributed by atoms with E-state index in [1.54, 1.807) is 28.0 Å². The minimum absolute atomic E-state index is 0.141. The number of nitrogens with two attached hydrogens (primary N) is 1. The van der Waals surface area contributed by atoms with E-state index in [1.807, 2.05) is 19.2 Å². The zero-order chi connectivity index (χ0) is 19.8. The van der Waals surface area contributed by atoms with Crippen molar-refractivity contribution in [3.8, 4) is 11.3 Å². The normalized spacial score (nSPS) is 14.4. The van der Waals surface area contributed by atoms with Crippen LogP contribution in [-0.2, 0) is 20.0 Å². The van der Waals surface area contributed by atoms with Crippen molar-refractivity contribution in [3.63, 3.8) is 0 Å². The Morgan fingerprint density at radius 2 is 2.14 bits per heavy atom. The second-order valence-electron chi connectivity index (χ2n) is 6.85. The molecule has 28 heavy (non-hydrogen) atoms. The van der Waals surface area contributed by atoms with Crippen molar-refractivity contribution < 1.29 is 9.18 Å². The Kier molecular flexibility index (Phi) is 4.99. The molecular weight excluding hydrogens is 425 g/mol. The molecule has 0 saturated carbocycles. The summed E-state index contributed by atoms with van der Waals surface area (Å²) in [5.74, 6) is -0.435. The van der Waals surface area contributed by atoms with Crippen LogP contribution in [0.3, 0.4) is 0 Å². The Bertz CT molecular complexity index is 1030.